The summed E-state index contributed by atoms with van der Waals surface area (Å²) in [6, 6.07) is 16.2. The number of nitrogens with zero attached hydrogens (tertiary/aromatic N) is 1. The Kier molecular flexibility index (Phi) is 6.66. The third-order valence-corrected chi connectivity index (χ3v) is 5.53. The number of thiazole rings is 1. The number of benzene rings is 2. The summed E-state index contributed by atoms with van der Waals surface area (Å²) in [5, 5.41) is 11.9. The van der Waals surface area contributed by atoms with Crippen molar-refractivity contribution in [3.05, 3.63) is 70.5 Å². The van der Waals surface area contributed by atoms with Crippen LogP contribution in [0.5, 0.6) is 5.75 Å². The lowest BCUT2D eigenvalue weighted by Gasteiger charge is -2.08. The number of hydrogen-bond acceptors (Lipinski definition) is 6. The van der Waals surface area contributed by atoms with Gasteiger partial charge in [0.1, 0.15) is 22.0 Å². The van der Waals surface area contributed by atoms with E-state index in [1.807, 2.05) is 35.7 Å². The summed E-state index contributed by atoms with van der Waals surface area (Å²) < 4.78 is 10.9. The molecule has 0 aliphatic heterocycles. The molecule has 4 rings (SSSR count). The zero-order valence-corrected chi connectivity index (χ0v) is 18.2. The monoisotopic (exact) mass is 450 g/mol. The maximum absolute atomic E-state index is 12.1. The Balaban J connectivity index is 1.18. The van der Waals surface area contributed by atoms with Crippen LogP contribution in [0.4, 0.5) is 4.79 Å². The Morgan fingerprint density at radius 1 is 1.03 bits per heavy atom. The predicted molar refractivity (Wildman–Crippen MR) is 123 cm³/mol. The molecule has 0 spiro atoms. The van der Waals surface area contributed by atoms with Crippen LogP contribution in [0.2, 0.25) is 0 Å². The molecule has 0 saturated carbocycles. The highest BCUT2D eigenvalue weighted by atomic mass is 32.1. The van der Waals surface area contributed by atoms with Crippen molar-refractivity contribution in [3.8, 4) is 17.2 Å². The second kappa shape index (κ2) is 9.97. The molecule has 0 aliphatic rings. The van der Waals surface area contributed by atoms with E-state index in [1.54, 1.807) is 31.4 Å². The van der Waals surface area contributed by atoms with Gasteiger partial charge in [0, 0.05) is 29.4 Å². The van der Waals surface area contributed by atoms with Crippen molar-refractivity contribution < 1.29 is 18.7 Å². The van der Waals surface area contributed by atoms with Crippen molar-refractivity contribution in [1.82, 2.24) is 20.9 Å². The van der Waals surface area contributed by atoms with Crippen LogP contribution < -0.4 is 20.7 Å². The minimum Gasteiger partial charge on any atom is -0.497 e. The maximum atomic E-state index is 12.1. The summed E-state index contributed by atoms with van der Waals surface area (Å²) >= 11 is 1.45. The lowest BCUT2D eigenvalue weighted by molar-refractivity contribution is 0.0954. The van der Waals surface area contributed by atoms with Gasteiger partial charge < -0.3 is 25.1 Å². The molecular formula is C23H22N4O4S. The Hall–Kier alpha value is -3.85. The van der Waals surface area contributed by atoms with Crippen molar-refractivity contribution in [2.75, 3.05) is 20.2 Å². The number of fused-ring (bicyclic) bond motifs is 1. The molecule has 0 aliphatic carbocycles. The minimum atomic E-state index is -0.329. The Morgan fingerprint density at radius 3 is 2.59 bits per heavy atom. The first-order chi connectivity index (χ1) is 15.6. The van der Waals surface area contributed by atoms with E-state index in [2.05, 4.69) is 20.9 Å². The normalized spacial score (nSPS) is 10.7. The first kappa shape index (κ1) is 21.4. The van der Waals surface area contributed by atoms with Gasteiger partial charge in [-0.1, -0.05) is 18.2 Å². The summed E-state index contributed by atoms with van der Waals surface area (Å²) in [5.74, 6) is 1.17. The fraction of sp³-hybridized carbons (Fsp3) is 0.174. The molecule has 0 saturated heterocycles. The van der Waals surface area contributed by atoms with Crippen LogP contribution in [0.3, 0.4) is 0 Å². The van der Waals surface area contributed by atoms with E-state index in [-0.39, 0.29) is 11.9 Å². The molecule has 4 aromatic rings. The maximum Gasteiger partial charge on any atom is 0.315 e. The number of urea groups is 1. The Bertz CT molecular complexity index is 1180. The van der Waals surface area contributed by atoms with E-state index in [4.69, 9.17) is 9.15 Å². The lowest BCUT2D eigenvalue weighted by atomic mass is 10.2. The third-order valence-electron chi connectivity index (χ3n) is 4.68. The van der Waals surface area contributed by atoms with Crippen LogP contribution in [-0.4, -0.2) is 37.1 Å². The Labute approximate surface area is 188 Å². The van der Waals surface area contributed by atoms with E-state index in [0.29, 0.717) is 36.7 Å². The number of furan rings is 1. The van der Waals surface area contributed by atoms with Crippen molar-refractivity contribution in [3.63, 3.8) is 0 Å². The van der Waals surface area contributed by atoms with Crippen molar-refractivity contribution >= 4 is 34.2 Å². The van der Waals surface area contributed by atoms with Gasteiger partial charge in [-0.3, -0.25) is 4.79 Å². The zero-order valence-electron chi connectivity index (χ0n) is 17.4. The molecule has 0 fully saturated rings. The van der Waals surface area contributed by atoms with Crippen molar-refractivity contribution in [1.29, 1.82) is 0 Å². The van der Waals surface area contributed by atoms with Gasteiger partial charge in [-0.05, 0) is 36.4 Å². The highest BCUT2D eigenvalue weighted by molar-refractivity contribution is 7.09. The van der Waals surface area contributed by atoms with Crippen LogP contribution in [0.15, 0.2) is 64.4 Å². The second-order valence-corrected chi connectivity index (χ2v) is 7.81. The molecule has 9 heteroatoms. The lowest BCUT2D eigenvalue weighted by Crippen LogP contribution is -2.40. The fourth-order valence-electron chi connectivity index (χ4n) is 3.03. The molecule has 0 atom stereocenters. The van der Waals surface area contributed by atoms with Crippen molar-refractivity contribution in [2.45, 2.75) is 6.54 Å². The van der Waals surface area contributed by atoms with E-state index in [0.717, 1.165) is 21.7 Å². The molecule has 2 aromatic carbocycles. The molecule has 3 amide bonds. The van der Waals surface area contributed by atoms with Crippen LogP contribution in [0.25, 0.3) is 22.4 Å². The number of amides is 3. The number of aromatic nitrogens is 1. The molecule has 164 valence electrons. The Morgan fingerprint density at radius 2 is 1.81 bits per heavy atom. The average molecular weight is 451 g/mol. The topological polar surface area (TPSA) is 105 Å². The number of carbonyl (C=O) groups excluding carboxylic acids is 2. The van der Waals surface area contributed by atoms with Gasteiger partial charge in [-0.2, -0.15) is 0 Å². The van der Waals surface area contributed by atoms with Crippen LogP contribution in [-0.2, 0) is 6.54 Å². The number of nitrogens with one attached hydrogen (secondary N) is 3. The van der Waals surface area contributed by atoms with Gasteiger partial charge in [0.05, 0.1) is 13.7 Å². The highest BCUT2D eigenvalue weighted by Crippen LogP contribution is 2.28. The van der Waals surface area contributed by atoms with E-state index in [1.165, 1.54) is 11.3 Å². The quantitative estimate of drug-likeness (QED) is 0.354. The van der Waals surface area contributed by atoms with Crippen LogP contribution >= 0.6 is 11.3 Å². The first-order valence-electron chi connectivity index (χ1n) is 9.99. The number of rotatable bonds is 8. The van der Waals surface area contributed by atoms with Crippen LogP contribution in [0, 0.1) is 0 Å². The molecule has 0 bridgehead atoms. The minimum absolute atomic E-state index is 0.212. The van der Waals surface area contributed by atoms with E-state index >= 15 is 0 Å². The fourth-order valence-corrected chi connectivity index (χ4v) is 3.75. The van der Waals surface area contributed by atoms with Gasteiger partial charge in [-0.25, -0.2) is 9.78 Å². The van der Waals surface area contributed by atoms with E-state index in [9.17, 15) is 9.59 Å². The molecule has 0 unspecified atom stereocenters. The van der Waals surface area contributed by atoms with Gasteiger partial charge >= 0.3 is 6.03 Å². The van der Waals surface area contributed by atoms with Crippen molar-refractivity contribution in [2.24, 2.45) is 0 Å². The first-order valence-corrected chi connectivity index (χ1v) is 10.9. The molecular weight excluding hydrogens is 428 g/mol. The van der Waals surface area contributed by atoms with Gasteiger partial charge in [-0.15, -0.1) is 11.3 Å². The summed E-state index contributed by atoms with van der Waals surface area (Å²) in [6.45, 7) is 0.913. The van der Waals surface area contributed by atoms with Gasteiger partial charge in [0.2, 0.25) is 0 Å². The molecule has 8 nitrogen and oxygen atoms in total. The second-order valence-electron chi connectivity index (χ2n) is 6.87. The predicted octanol–water partition coefficient (Wildman–Crippen LogP) is 3.79. The average Bonchev–Trinajstić information content (AvgIpc) is 3.47. The largest absolute Gasteiger partial charge is 0.497 e. The molecule has 2 aromatic heterocycles. The van der Waals surface area contributed by atoms with Crippen LogP contribution in [0.1, 0.15) is 15.4 Å². The van der Waals surface area contributed by atoms with Gasteiger partial charge in [0.25, 0.3) is 5.91 Å². The standard InChI is InChI=1S/C23H22N4O4S/c1-30-17-8-6-15(7-9-17)22(28)24-10-11-25-23(29)26-13-21-27-18(14-32-21)20-12-16-4-2-3-5-19(16)31-20/h2-9,12,14H,10-11,13H2,1H3,(H,24,28)(H2,25,26,29). The molecule has 32 heavy (non-hydrogen) atoms. The smallest absolute Gasteiger partial charge is 0.315 e. The molecule has 2 heterocycles. The summed E-state index contributed by atoms with van der Waals surface area (Å²) in [7, 11) is 1.57. The number of hydrogen-bond donors (Lipinski definition) is 3. The van der Waals surface area contributed by atoms with Gasteiger partial charge in [0.15, 0.2) is 5.76 Å². The number of ether oxygens (including phenoxy) is 1. The zero-order chi connectivity index (χ0) is 22.3. The molecule has 0 radical (unpaired) electrons. The summed E-state index contributed by atoms with van der Waals surface area (Å²) in [6.07, 6.45) is 0. The number of methoxy groups -OCH3 is 1. The summed E-state index contributed by atoms with van der Waals surface area (Å²) in [4.78, 5) is 28.6. The SMILES string of the molecule is COc1ccc(C(=O)NCCNC(=O)NCc2nc(-c3cc4ccccc4o3)cs2)cc1. The molecule has 3 N–H and O–H groups in total. The summed E-state index contributed by atoms with van der Waals surface area (Å²) in [5.41, 5.74) is 2.08. The third kappa shape index (κ3) is 5.25. The van der Waals surface area contributed by atoms with E-state index < -0.39 is 0 Å². The highest BCUT2D eigenvalue weighted by Gasteiger charge is 2.11. The number of para-hydroxylation sites is 1. The number of carbonyl (C=O) groups is 2.